The molecular formula is C23H26N4O2. The van der Waals surface area contributed by atoms with Crippen molar-refractivity contribution in [1.29, 1.82) is 0 Å². The number of benzene rings is 2. The monoisotopic (exact) mass is 390 g/mol. The summed E-state index contributed by atoms with van der Waals surface area (Å²) >= 11 is 0. The standard InChI is InChI=1S/C23H26N4O2/c1-4-27(5-2)20-13-11-18(12-14-20)16-25-26-23(28)17(3)29-21-10-6-8-19-9-7-15-24-22(19)21/h6-17H,4-5H2,1-3H3,(H,26,28)/b25-16-/t17-/m1/s1. The van der Waals surface area contributed by atoms with Gasteiger partial charge in [-0.15, -0.1) is 0 Å². The van der Waals surface area contributed by atoms with E-state index in [1.54, 1.807) is 25.4 Å². The van der Waals surface area contributed by atoms with Gasteiger partial charge in [0.15, 0.2) is 6.10 Å². The number of amides is 1. The molecule has 29 heavy (non-hydrogen) atoms. The first-order valence-electron chi connectivity index (χ1n) is 9.80. The summed E-state index contributed by atoms with van der Waals surface area (Å²) in [6.45, 7) is 7.87. The number of nitrogens with one attached hydrogen (secondary N) is 1. The molecule has 1 N–H and O–H groups in total. The summed E-state index contributed by atoms with van der Waals surface area (Å²) in [7, 11) is 0. The molecule has 0 spiro atoms. The Kier molecular flexibility index (Phi) is 6.79. The molecule has 6 heteroatoms. The van der Waals surface area contributed by atoms with Gasteiger partial charge in [0.25, 0.3) is 5.91 Å². The van der Waals surface area contributed by atoms with Crippen molar-refractivity contribution in [2.45, 2.75) is 26.9 Å². The Morgan fingerprint density at radius 3 is 2.59 bits per heavy atom. The Balaban J connectivity index is 1.58. The third-order valence-electron chi connectivity index (χ3n) is 4.68. The second-order valence-electron chi connectivity index (χ2n) is 6.59. The van der Waals surface area contributed by atoms with Gasteiger partial charge in [0.05, 0.1) is 6.21 Å². The number of hydrogen-bond donors (Lipinski definition) is 1. The van der Waals surface area contributed by atoms with E-state index in [1.807, 2.05) is 36.4 Å². The van der Waals surface area contributed by atoms with Crippen LogP contribution in [0.4, 0.5) is 5.69 Å². The third kappa shape index (κ3) is 5.10. The highest BCUT2D eigenvalue weighted by Gasteiger charge is 2.15. The van der Waals surface area contributed by atoms with Crippen molar-refractivity contribution >= 4 is 28.7 Å². The van der Waals surface area contributed by atoms with E-state index >= 15 is 0 Å². The Bertz CT molecular complexity index is 976. The Morgan fingerprint density at radius 1 is 1.14 bits per heavy atom. The summed E-state index contributed by atoms with van der Waals surface area (Å²) in [5.74, 6) is 0.246. The molecule has 0 saturated carbocycles. The minimum Gasteiger partial charge on any atom is -0.479 e. The van der Waals surface area contributed by atoms with Gasteiger partial charge in [-0.2, -0.15) is 5.10 Å². The summed E-state index contributed by atoms with van der Waals surface area (Å²) in [4.78, 5) is 18.9. The van der Waals surface area contributed by atoms with Crippen molar-refractivity contribution in [3.8, 4) is 5.75 Å². The number of nitrogens with zero attached hydrogens (tertiary/aromatic N) is 3. The van der Waals surface area contributed by atoms with Crippen LogP contribution in [0.2, 0.25) is 0 Å². The van der Waals surface area contributed by atoms with Gasteiger partial charge in [-0.3, -0.25) is 9.78 Å². The summed E-state index contributed by atoms with van der Waals surface area (Å²) in [5.41, 5.74) is 5.34. The number of carbonyl (C=O) groups is 1. The van der Waals surface area contributed by atoms with Crippen molar-refractivity contribution in [2.75, 3.05) is 18.0 Å². The third-order valence-corrected chi connectivity index (χ3v) is 4.68. The Hall–Kier alpha value is -3.41. The predicted molar refractivity (Wildman–Crippen MR) is 118 cm³/mol. The number of pyridine rings is 1. The molecule has 150 valence electrons. The molecule has 3 rings (SSSR count). The van der Waals surface area contributed by atoms with E-state index in [-0.39, 0.29) is 5.91 Å². The zero-order valence-electron chi connectivity index (χ0n) is 17.0. The van der Waals surface area contributed by atoms with Crippen LogP contribution in [0.5, 0.6) is 5.75 Å². The van der Waals surface area contributed by atoms with E-state index in [9.17, 15) is 4.79 Å². The van der Waals surface area contributed by atoms with Gasteiger partial charge in [-0.25, -0.2) is 5.43 Å². The lowest BCUT2D eigenvalue weighted by molar-refractivity contribution is -0.127. The molecule has 0 saturated heterocycles. The number of carbonyl (C=O) groups excluding carboxylic acids is 1. The van der Waals surface area contributed by atoms with Gasteiger partial charge in [-0.1, -0.05) is 30.3 Å². The summed E-state index contributed by atoms with van der Waals surface area (Å²) < 4.78 is 5.80. The highest BCUT2D eigenvalue weighted by atomic mass is 16.5. The Labute approximate surface area is 171 Å². The zero-order valence-corrected chi connectivity index (χ0v) is 17.0. The predicted octanol–water partition coefficient (Wildman–Crippen LogP) is 4.00. The number of rotatable bonds is 8. The van der Waals surface area contributed by atoms with E-state index in [0.717, 1.165) is 29.6 Å². The van der Waals surface area contributed by atoms with Crippen LogP contribution < -0.4 is 15.1 Å². The van der Waals surface area contributed by atoms with E-state index in [4.69, 9.17) is 4.74 Å². The second kappa shape index (κ2) is 9.68. The van der Waals surface area contributed by atoms with Crippen LogP contribution in [-0.2, 0) is 4.79 Å². The quantitative estimate of drug-likeness (QED) is 0.466. The lowest BCUT2D eigenvalue weighted by Gasteiger charge is -2.20. The average Bonchev–Trinajstić information content (AvgIpc) is 2.76. The molecule has 2 aromatic carbocycles. The maximum atomic E-state index is 12.3. The van der Waals surface area contributed by atoms with Crippen molar-refractivity contribution in [1.82, 2.24) is 10.4 Å². The number of hydrogen-bond acceptors (Lipinski definition) is 5. The fraction of sp³-hybridized carbons (Fsp3) is 0.261. The van der Waals surface area contributed by atoms with E-state index < -0.39 is 6.10 Å². The van der Waals surface area contributed by atoms with E-state index in [0.29, 0.717) is 5.75 Å². The van der Waals surface area contributed by atoms with Gasteiger partial charge in [-0.05, 0) is 50.6 Å². The lowest BCUT2D eigenvalue weighted by atomic mass is 10.2. The van der Waals surface area contributed by atoms with Gasteiger partial charge < -0.3 is 9.64 Å². The first-order valence-corrected chi connectivity index (χ1v) is 9.80. The largest absolute Gasteiger partial charge is 0.479 e. The summed E-state index contributed by atoms with van der Waals surface area (Å²) in [6.07, 6.45) is 2.62. The number of hydrazone groups is 1. The molecule has 0 aliphatic heterocycles. The van der Waals surface area contributed by atoms with Crippen LogP contribution in [0.25, 0.3) is 10.9 Å². The smallest absolute Gasteiger partial charge is 0.280 e. The first-order chi connectivity index (χ1) is 14.1. The molecule has 1 amide bonds. The molecule has 1 atom stereocenters. The van der Waals surface area contributed by atoms with Gasteiger partial charge in [0.1, 0.15) is 11.3 Å². The molecule has 0 aliphatic carbocycles. The summed E-state index contributed by atoms with van der Waals surface area (Å²) in [5, 5.41) is 5.01. The van der Waals surface area contributed by atoms with E-state index in [1.165, 1.54) is 5.69 Å². The Morgan fingerprint density at radius 2 is 1.86 bits per heavy atom. The fourth-order valence-corrected chi connectivity index (χ4v) is 3.04. The van der Waals surface area contributed by atoms with Crippen molar-refractivity contribution in [3.05, 3.63) is 66.4 Å². The first kappa shape index (κ1) is 20.3. The molecular weight excluding hydrogens is 364 g/mol. The van der Waals surface area contributed by atoms with Crippen molar-refractivity contribution in [2.24, 2.45) is 5.10 Å². The van der Waals surface area contributed by atoms with Crippen molar-refractivity contribution < 1.29 is 9.53 Å². The normalized spacial score (nSPS) is 12.1. The highest BCUT2D eigenvalue weighted by molar-refractivity contribution is 5.86. The highest BCUT2D eigenvalue weighted by Crippen LogP contribution is 2.23. The van der Waals surface area contributed by atoms with Crippen LogP contribution in [0, 0.1) is 0 Å². The molecule has 0 radical (unpaired) electrons. The topological polar surface area (TPSA) is 66.8 Å². The van der Waals surface area contributed by atoms with E-state index in [2.05, 4.69) is 46.4 Å². The molecule has 1 heterocycles. The maximum absolute atomic E-state index is 12.3. The number of anilines is 1. The van der Waals surface area contributed by atoms with Crippen LogP contribution in [0.1, 0.15) is 26.3 Å². The number of ether oxygens (including phenoxy) is 1. The van der Waals surface area contributed by atoms with Crippen molar-refractivity contribution in [3.63, 3.8) is 0 Å². The average molecular weight is 390 g/mol. The molecule has 0 unspecified atom stereocenters. The molecule has 0 aliphatic rings. The summed E-state index contributed by atoms with van der Waals surface area (Å²) in [6, 6.07) is 17.5. The second-order valence-corrected chi connectivity index (χ2v) is 6.59. The number of para-hydroxylation sites is 1. The molecule has 6 nitrogen and oxygen atoms in total. The fourth-order valence-electron chi connectivity index (χ4n) is 3.04. The molecule has 0 fully saturated rings. The minimum absolute atomic E-state index is 0.325. The van der Waals surface area contributed by atoms with Crippen LogP contribution >= 0.6 is 0 Å². The molecule has 3 aromatic rings. The van der Waals surface area contributed by atoms with Crippen LogP contribution in [0.3, 0.4) is 0 Å². The molecule has 0 bridgehead atoms. The number of fused-ring (bicyclic) bond motifs is 1. The number of aromatic nitrogens is 1. The van der Waals surface area contributed by atoms with Gasteiger partial charge in [0.2, 0.25) is 0 Å². The zero-order chi connectivity index (χ0) is 20.6. The molecule has 1 aromatic heterocycles. The van der Waals surface area contributed by atoms with Crippen LogP contribution in [0.15, 0.2) is 65.9 Å². The minimum atomic E-state index is -0.704. The van der Waals surface area contributed by atoms with Gasteiger partial charge in [0, 0.05) is 30.4 Å². The lowest BCUT2D eigenvalue weighted by Crippen LogP contribution is -2.33. The SMILES string of the molecule is CCN(CC)c1ccc(/C=N\NC(=O)[C@@H](C)Oc2cccc3cccnc23)cc1. The van der Waals surface area contributed by atoms with Gasteiger partial charge >= 0.3 is 0 Å². The maximum Gasteiger partial charge on any atom is 0.280 e. The van der Waals surface area contributed by atoms with Crippen LogP contribution in [-0.4, -0.2) is 36.3 Å².